The van der Waals surface area contributed by atoms with Crippen LogP contribution in [0.1, 0.15) is 19.8 Å². The molecule has 0 spiro atoms. The normalized spacial score (nSPS) is 26.1. The molecule has 1 aliphatic rings. The lowest BCUT2D eigenvalue weighted by Crippen LogP contribution is -2.36. The van der Waals surface area contributed by atoms with Crippen molar-refractivity contribution in [2.75, 3.05) is 11.9 Å². The van der Waals surface area contributed by atoms with Crippen molar-refractivity contribution >= 4 is 17.6 Å². The zero-order chi connectivity index (χ0) is 14.0. The Hall–Kier alpha value is -1.91. The predicted octanol–water partition coefficient (Wildman–Crippen LogP) is 1.79. The van der Waals surface area contributed by atoms with Gasteiger partial charge in [0.15, 0.2) is 0 Å². The number of anilines is 1. The van der Waals surface area contributed by atoms with Crippen molar-refractivity contribution in [1.29, 1.82) is 0 Å². The van der Waals surface area contributed by atoms with Crippen LogP contribution in [-0.2, 0) is 9.59 Å². The summed E-state index contributed by atoms with van der Waals surface area (Å²) in [6.07, 6.45) is 4.46. The SMILES string of the molecule is CC1C[C@H](C(=O)N(C)c2cccnc2)[C@H](C(=O)O)C1. The standard InChI is InChI=1S/C14H18N2O3/c1-9-6-11(12(7-9)14(18)19)13(17)16(2)10-4-3-5-15-8-10/h3-5,8-9,11-12H,6-7H2,1-2H3,(H,18,19)/t9?,11-,12+/m0/s1. The highest BCUT2D eigenvalue weighted by molar-refractivity contribution is 5.97. The number of carboxylic acids is 1. The molecule has 1 fully saturated rings. The molecule has 1 heterocycles. The van der Waals surface area contributed by atoms with Crippen LogP contribution in [0.3, 0.4) is 0 Å². The van der Waals surface area contributed by atoms with Gasteiger partial charge in [0.25, 0.3) is 0 Å². The van der Waals surface area contributed by atoms with Gasteiger partial charge in [0, 0.05) is 13.2 Å². The summed E-state index contributed by atoms with van der Waals surface area (Å²) in [7, 11) is 1.67. The molecule has 0 saturated heterocycles. The van der Waals surface area contributed by atoms with Gasteiger partial charge in [0.05, 0.1) is 23.7 Å². The van der Waals surface area contributed by atoms with Crippen LogP contribution < -0.4 is 4.90 Å². The smallest absolute Gasteiger partial charge is 0.307 e. The Balaban J connectivity index is 2.17. The van der Waals surface area contributed by atoms with E-state index in [1.807, 2.05) is 6.92 Å². The minimum atomic E-state index is -0.873. The predicted molar refractivity (Wildman–Crippen MR) is 70.7 cm³/mol. The number of rotatable bonds is 3. The Morgan fingerprint density at radius 2 is 2.05 bits per heavy atom. The Morgan fingerprint density at radius 3 is 2.63 bits per heavy atom. The summed E-state index contributed by atoms with van der Waals surface area (Å²) in [6.45, 7) is 1.99. The second-order valence-corrected chi connectivity index (χ2v) is 5.24. The monoisotopic (exact) mass is 262 g/mol. The van der Waals surface area contributed by atoms with E-state index in [1.54, 1.807) is 31.6 Å². The van der Waals surface area contributed by atoms with Crippen LogP contribution in [0.25, 0.3) is 0 Å². The molecule has 19 heavy (non-hydrogen) atoms. The summed E-state index contributed by atoms with van der Waals surface area (Å²) in [5.41, 5.74) is 0.691. The van der Waals surface area contributed by atoms with Gasteiger partial charge in [-0.05, 0) is 30.9 Å². The van der Waals surface area contributed by atoms with Crippen LogP contribution in [0.2, 0.25) is 0 Å². The number of aromatic nitrogens is 1. The largest absolute Gasteiger partial charge is 0.481 e. The highest BCUT2D eigenvalue weighted by atomic mass is 16.4. The van der Waals surface area contributed by atoms with Gasteiger partial charge in [0.1, 0.15) is 0 Å². The molecule has 0 radical (unpaired) electrons. The first-order valence-electron chi connectivity index (χ1n) is 6.41. The third-order valence-electron chi connectivity index (χ3n) is 3.80. The fraction of sp³-hybridized carbons (Fsp3) is 0.500. The van der Waals surface area contributed by atoms with E-state index in [4.69, 9.17) is 0 Å². The number of carbonyl (C=O) groups is 2. The molecular weight excluding hydrogens is 244 g/mol. The fourth-order valence-corrected chi connectivity index (χ4v) is 2.77. The molecule has 1 saturated carbocycles. The maximum atomic E-state index is 12.4. The van der Waals surface area contributed by atoms with Gasteiger partial charge in [-0.2, -0.15) is 0 Å². The first kappa shape index (κ1) is 13.5. The van der Waals surface area contributed by atoms with Crippen molar-refractivity contribution in [2.45, 2.75) is 19.8 Å². The number of nitrogens with zero attached hydrogens (tertiary/aromatic N) is 2. The van der Waals surface area contributed by atoms with Gasteiger partial charge in [-0.25, -0.2) is 0 Å². The lowest BCUT2D eigenvalue weighted by molar-refractivity contribution is -0.145. The molecule has 0 aromatic carbocycles. The van der Waals surface area contributed by atoms with Gasteiger partial charge in [0.2, 0.25) is 5.91 Å². The maximum absolute atomic E-state index is 12.4. The van der Waals surface area contributed by atoms with Crippen LogP contribution in [-0.4, -0.2) is 29.0 Å². The third-order valence-corrected chi connectivity index (χ3v) is 3.80. The van der Waals surface area contributed by atoms with E-state index in [0.29, 0.717) is 18.5 Å². The van der Waals surface area contributed by atoms with Gasteiger partial charge in [-0.3, -0.25) is 14.6 Å². The number of amides is 1. The summed E-state index contributed by atoms with van der Waals surface area (Å²) in [6, 6.07) is 3.55. The highest BCUT2D eigenvalue weighted by Gasteiger charge is 2.42. The molecule has 1 unspecified atom stereocenters. The molecule has 0 bridgehead atoms. The highest BCUT2D eigenvalue weighted by Crippen LogP contribution is 2.37. The zero-order valence-corrected chi connectivity index (χ0v) is 11.1. The molecule has 1 aromatic heterocycles. The third kappa shape index (κ3) is 2.75. The summed E-state index contributed by atoms with van der Waals surface area (Å²) in [4.78, 5) is 29.2. The summed E-state index contributed by atoms with van der Waals surface area (Å²) in [5.74, 6) is -1.73. The molecule has 1 aliphatic carbocycles. The van der Waals surface area contributed by atoms with Crippen LogP contribution in [0, 0.1) is 17.8 Å². The zero-order valence-electron chi connectivity index (χ0n) is 11.1. The maximum Gasteiger partial charge on any atom is 0.307 e. The van der Waals surface area contributed by atoms with Crippen molar-refractivity contribution in [3.63, 3.8) is 0 Å². The van der Waals surface area contributed by atoms with Crippen molar-refractivity contribution in [2.24, 2.45) is 17.8 Å². The van der Waals surface area contributed by atoms with Crippen LogP contribution in [0.4, 0.5) is 5.69 Å². The van der Waals surface area contributed by atoms with E-state index in [9.17, 15) is 14.7 Å². The first-order valence-corrected chi connectivity index (χ1v) is 6.41. The molecule has 0 aliphatic heterocycles. The van der Waals surface area contributed by atoms with E-state index in [1.165, 1.54) is 4.90 Å². The average molecular weight is 262 g/mol. The molecule has 1 N–H and O–H groups in total. The lowest BCUT2D eigenvalue weighted by Gasteiger charge is -2.23. The molecule has 1 aromatic rings. The molecule has 5 heteroatoms. The van der Waals surface area contributed by atoms with E-state index in [-0.39, 0.29) is 11.8 Å². The molecule has 1 amide bonds. The number of hydrogen-bond acceptors (Lipinski definition) is 3. The number of hydrogen-bond donors (Lipinski definition) is 1. The Labute approximate surface area is 112 Å². The second kappa shape index (κ2) is 5.38. The van der Waals surface area contributed by atoms with Gasteiger partial charge in [-0.1, -0.05) is 6.92 Å². The quantitative estimate of drug-likeness (QED) is 0.901. The fourth-order valence-electron chi connectivity index (χ4n) is 2.77. The average Bonchev–Trinajstić information content (AvgIpc) is 2.80. The van der Waals surface area contributed by atoms with Gasteiger partial charge >= 0.3 is 5.97 Å². The van der Waals surface area contributed by atoms with E-state index >= 15 is 0 Å². The molecule has 3 atom stereocenters. The van der Waals surface area contributed by atoms with Crippen molar-refractivity contribution in [3.8, 4) is 0 Å². The second-order valence-electron chi connectivity index (χ2n) is 5.24. The van der Waals surface area contributed by atoms with Gasteiger partial charge in [-0.15, -0.1) is 0 Å². The number of aliphatic carboxylic acids is 1. The first-order chi connectivity index (χ1) is 9.00. The Bertz CT molecular complexity index is 475. The van der Waals surface area contributed by atoms with E-state index in [0.717, 1.165) is 0 Å². The summed E-state index contributed by atoms with van der Waals surface area (Å²) >= 11 is 0. The van der Waals surface area contributed by atoms with Crippen LogP contribution in [0.15, 0.2) is 24.5 Å². The minimum Gasteiger partial charge on any atom is -0.481 e. The number of pyridine rings is 1. The number of carbonyl (C=O) groups excluding carboxylic acids is 1. The van der Waals surface area contributed by atoms with Crippen molar-refractivity contribution in [1.82, 2.24) is 4.98 Å². The minimum absolute atomic E-state index is 0.134. The molecule has 102 valence electrons. The molecule has 5 nitrogen and oxygen atoms in total. The molecular formula is C14H18N2O3. The summed E-state index contributed by atoms with van der Waals surface area (Å²) < 4.78 is 0. The Morgan fingerprint density at radius 1 is 1.37 bits per heavy atom. The Kier molecular flexibility index (Phi) is 3.83. The lowest BCUT2D eigenvalue weighted by atomic mass is 9.95. The van der Waals surface area contributed by atoms with Gasteiger partial charge < -0.3 is 10.0 Å². The number of carboxylic acid groups (broad SMARTS) is 1. The van der Waals surface area contributed by atoms with E-state index < -0.39 is 17.8 Å². The molecule has 2 rings (SSSR count). The van der Waals surface area contributed by atoms with E-state index in [2.05, 4.69) is 4.98 Å². The van der Waals surface area contributed by atoms with Crippen LogP contribution >= 0.6 is 0 Å². The van der Waals surface area contributed by atoms with Crippen molar-refractivity contribution in [3.05, 3.63) is 24.5 Å². The van der Waals surface area contributed by atoms with Crippen molar-refractivity contribution < 1.29 is 14.7 Å². The van der Waals surface area contributed by atoms with Crippen LogP contribution in [0.5, 0.6) is 0 Å². The summed E-state index contributed by atoms with van der Waals surface area (Å²) in [5, 5.41) is 9.22. The topological polar surface area (TPSA) is 70.5 Å².